The highest BCUT2D eigenvalue weighted by Crippen LogP contribution is 2.68. The third kappa shape index (κ3) is 3.57. The lowest BCUT2D eigenvalue weighted by Crippen LogP contribution is -2.53. The maximum Gasteiger partial charge on any atom is 0.277 e. The molecule has 0 saturated heterocycles. The average molecular weight is 401 g/mol. The van der Waals surface area contributed by atoms with Gasteiger partial charge in [0.05, 0.1) is 0 Å². The summed E-state index contributed by atoms with van der Waals surface area (Å²) in [5, 5.41) is 18.4. The van der Waals surface area contributed by atoms with E-state index in [1.54, 1.807) is 6.92 Å². The predicted molar refractivity (Wildman–Crippen MR) is 121 cm³/mol. The van der Waals surface area contributed by atoms with Crippen molar-refractivity contribution >= 4 is 0 Å². The van der Waals surface area contributed by atoms with Gasteiger partial charge in [-0.15, -0.1) is 0 Å². The van der Waals surface area contributed by atoms with Crippen LogP contribution in [0.15, 0.2) is 23.7 Å². The van der Waals surface area contributed by atoms with Crippen LogP contribution in [0.5, 0.6) is 0 Å². The summed E-state index contributed by atoms with van der Waals surface area (Å²) in [6.07, 6.45) is 19.8. The summed E-state index contributed by atoms with van der Waals surface area (Å²) >= 11 is 0. The Morgan fingerprint density at radius 1 is 0.931 bits per heavy atom. The van der Waals surface area contributed by atoms with Crippen molar-refractivity contribution in [2.24, 2.45) is 46.3 Å². The third-order valence-electron chi connectivity index (χ3n) is 10.6. The summed E-state index contributed by atoms with van der Waals surface area (Å²) in [7, 11) is 0. The van der Waals surface area contributed by atoms with E-state index in [-0.39, 0.29) is 0 Å². The van der Waals surface area contributed by atoms with E-state index in [2.05, 4.69) is 26.8 Å². The van der Waals surface area contributed by atoms with E-state index < -0.39 is 5.95 Å². The van der Waals surface area contributed by atoms with Crippen LogP contribution in [0, 0.1) is 46.3 Å². The summed E-state index contributed by atoms with van der Waals surface area (Å²) in [5.41, 5.74) is 1.73. The first-order chi connectivity index (χ1) is 13.8. The second-order valence-corrected chi connectivity index (χ2v) is 11.8. The van der Waals surface area contributed by atoms with Crippen molar-refractivity contribution in [2.75, 3.05) is 0 Å². The lowest BCUT2D eigenvalue weighted by Gasteiger charge is -2.61. The number of hydrogen-bond donors (Lipinski definition) is 2. The monoisotopic (exact) mass is 400 g/mol. The Balaban J connectivity index is 1.47. The van der Waals surface area contributed by atoms with Gasteiger partial charge >= 0.3 is 0 Å². The molecule has 4 aliphatic rings. The Hall–Kier alpha value is -0.920. The fraction of sp³-hybridized carbons (Fsp3) is 0.852. The van der Waals surface area contributed by atoms with E-state index in [0.29, 0.717) is 22.3 Å². The number of allylic oxidation sites excluding steroid dienone is 3. The Morgan fingerprint density at radius 3 is 2.45 bits per heavy atom. The van der Waals surface area contributed by atoms with Crippen molar-refractivity contribution in [3.05, 3.63) is 23.7 Å². The van der Waals surface area contributed by atoms with E-state index >= 15 is 0 Å². The van der Waals surface area contributed by atoms with Gasteiger partial charge in [-0.25, -0.2) is 0 Å². The molecule has 0 radical (unpaired) electrons. The highest BCUT2D eigenvalue weighted by Gasteiger charge is 2.59. The first-order valence-electron chi connectivity index (χ1n) is 12.5. The molecule has 2 N–H and O–H groups in total. The second-order valence-electron chi connectivity index (χ2n) is 11.8. The summed E-state index contributed by atoms with van der Waals surface area (Å²) in [6, 6.07) is 0. The van der Waals surface area contributed by atoms with Gasteiger partial charge in [0.25, 0.3) is 5.95 Å². The predicted octanol–water partition coefficient (Wildman–Crippen LogP) is 7.97. The Labute approximate surface area is 178 Å². The molecule has 0 aromatic rings. The normalized spacial score (nSPS) is 45.3. The number of fused-ring (bicyclic) bond motifs is 5. The second kappa shape index (κ2) is 7.97. The van der Waals surface area contributed by atoms with Crippen molar-refractivity contribution in [1.82, 2.24) is 0 Å². The molecule has 0 amide bonds. The summed E-state index contributed by atoms with van der Waals surface area (Å²) < 4.78 is 0. The quantitative estimate of drug-likeness (QED) is 0.371. The first-order valence-corrected chi connectivity index (χ1v) is 12.5. The maximum absolute atomic E-state index is 9.19. The Kier molecular flexibility index (Phi) is 5.86. The molecule has 0 aliphatic heterocycles. The van der Waals surface area contributed by atoms with Gasteiger partial charge in [0, 0.05) is 5.57 Å². The summed E-state index contributed by atoms with van der Waals surface area (Å²) in [5.74, 6) is 4.89. The van der Waals surface area contributed by atoms with Crippen LogP contribution < -0.4 is 0 Å². The van der Waals surface area contributed by atoms with Crippen molar-refractivity contribution in [1.29, 1.82) is 0 Å². The van der Waals surface area contributed by atoms with E-state index in [1.807, 2.05) is 6.08 Å². The molecule has 4 fully saturated rings. The number of rotatable bonds is 4. The first kappa shape index (κ1) is 21.3. The average Bonchev–Trinajstić information content (AvgIpc) is 3.04. The van der Waals surface area contributed by atoms with Crippen molar-refractivity contribution < 1.29 is 10.2 Å². The van der Waals surface area contributed by atoms with Gasteiger partial charge in [0.2, 0.25) is 0 Å². The molecule has 0 bridgehead atoms. The largest absolute Gasteiger partial charge is 0.481 e. The standard InChI is InChI=1S/C27H44O2/c1-18(8-7-9-19(2)25(28)29)22-13-14-23-21-12-11-20-10-5-6-16-26(20,3)24(21)15-17-27(22,23)4/h7,9,18,20-24,28-29H,5-6,8,10-17H2,1-4H3/t18-,20?,21+,22-,23+,24+,26+,27-/m1/s1. The molecule has 2 heteroatoms. The Bertz CT molecular complexity index is 659. The highest BCUT2D eigenvalue weighted by atomic mass is 16.5. The SMILES string of the molecule is CC(C=CC[C@@H](C)[C@H]1CC[C@H]2[C@@H]3CCC4CCCC[C@]4(C)[C@H]3CC[C@]12C)=C(O)O. The molecule has 0 heterocycles. The molecule has 2 nitrogen and oxygen atoms in total. The molecular formula is C27H44O2. The van der Waals surface area contributed by atoms with Gasteiger partial charge in [-0.05, 0) is 111 Å². The zero-order chi connectivity index (χ0) is 20.8. The zero-order valence-corrected chi connectivity index (χ0v) is 19.3. The van der Waals surface area contributed by atoms with Crippen LogP contribution in [0.4, 0.5) is 0 Å². The van der Waals surface area contributed by atoms with Gasteiger partial charge in [-0.2, -0.15) is 0 Å². The topological polar surface area (TPSA) is 40.5 Å². The molecule has 8 atom stereocenters. The van der Waals surface area contributed by atoms with Crippen LogP contribution in [-0.4, -0.2) is 10.2 Å². The lowest BCUT2D eigenvalue weighted by molar-refractivity contribution is -0.114. The van der Waals surface area contributed by atoms with E-state index in [9.17, 15) is 10.2 Å². The molecular weight excluding hydrogens is 356 g/mol. The van der Waals surface area contributed by atoms with Crippen LogP contribution in [0.1, 0.15) is 98.3 Å². The molecule has 0 aromatic heterocycles. The van der Waals surface area contributed by atoms with Crippen LogP contribution in [0.25, 0.3) is 0 Å². The van der Waals surface area contributed by atoms with Gasteiger partial charge in [-0.1, -0.05) is 45.8 Å². The molecule has 4 aliphatic carbocycles. The lowest BCUT2D eigenvalue weighted by atomic mass is 9.44. The number of aliphatic hydroxyl groups is 2. The van der Waals surface area contributed by atoms with E-state index in [0.717, 1.165) is 36.0 Å². The van der Waals surface area contributed by atoms with Gasteiger partial charge < -0.3 is 10.2 Å². The fourth-order valence-electron chi connectivity index (χ4n) is 8.97. The molecule has 1 unspecified atom stereocenters. The molecule has 0 spiro atoms. The summed E-state index contributed by atoms with van der Waals surface area (Å²) in [6.45, 7) is 9.52. The summed E-state index contributed by atoms with van der Waals surface area (Å²) in [4.78, 5) is 0. The van der Waals surface area contributed by atoms with E-state index in [1.165, 1.54) is 64.2 Å². The zero-order valence-electron chi connectivity index (χ0n) is 19.3. The third-order valence-corrected chi connectivity index (χ3v) is 10.6. The maximum atomic E-state index is 9.19. The van der Waals surface area contributed by atoms with Crippen LogP contribution in [0.3, 0.4) is 0 Å². The minimum atomic E-state index is -0.549. The molecule has 164 valence electrons. The number of hydrogen-bond acceptors (Lipinski definition) is 2. The van der Waals surface area contributed by atoms with Crippen LogP contribution >= 0.6 is 0 Å². The van der Waals surface area contributed by atoms with Gasteiger partial charge in [0.15, 0.2) is 0 Å². The minimum Gasteiger partial charge on any atom is -0.481 e. The van der Waals surface area contributed by atoms with Crippen molar-refractivity contribution in [3.63, 3.8) is 0 Å². The molecule has 0 aromatic carbocycles. The van der Waals surface area contributed by atoms with Crippen LogP contribution in [-0.2, 0) is 0 Å². The molecule has 4 rings (SSSR count). The highest BCUT2D eigenvalue weighted by molar-refractivity contribution is 5.16. The van der Waals surface area contributed by atoms with Crippen LogP contribution in [0.2, 0.25) is 0 Å². The smallest absolute Gasteiger partial charge is 0.277 e. The van der Waals surface area contributed by atoms with Gasteiger partial charge in [0.1, 0.15) is 0 Å². The molecule has 29 heavy (non-hydrogen) atoms. The minimum absolute atomic E-state index is 0.524. The number of aliphatic hydroxyl groups excluding tert-OH is 1. The van der Waals surface area contributed by atoms with E-state index in [4.69, 9.17) is 0 Å². The molecule has 4 saturated carbocycles. The Morgan fingerprint density at radius 2 is 1.69 bits per heavy atom. The van der Waals surface area contributed by atoms with Gasteiger partial charge in [-0.3, -0.25) is 0 Å². The fourth-order valence-corrected chi connectivity index (χ4v) is 8.97. The van der Waals surface area contributed by atoms with Crippen molar-refractivity contribution in [3.8, 4) is 0 Å². The van der Waals surface area contributed by atoms with Crippen molar-refractivity contribution in [2.45, 2.75) is 98.3 Å².